The number of anilines is 4. The largest absolute Gasteiger partial charge is 0.478 e. The Morgan fingerprint density at radius 1 is 0.984 bits per heavy atom. The Bertz CT molecular complexity index is 2590. The minimum absolute atomic E-state index is 0.00791. The molecule has 7 heterocycles. The fourth-order valence-electron chi connectivity index (χ4n) is 10.7. The molecule has 9 rings (SSSR count). The van der Waals surface area contributed by atoms with Crippen molar-refractivity contribution < 1.29 is 23.9 Å². The zero-order chi connectivity index (χ0) is 45.1. The second-order valence-electron chi connectivity index (χ2n) is 19.0. The average Bonchev–Trinajstić information content (AvgIpc) is 4.00. The minimum Gasteiger partial charge on any atom is -0.478 e. The van der Waals surface area contributed by atoms with Crippen LogP contribution in [0.3, 0.4) is 0 Å². The molecule has 2 unspecified atom stereocenters. The quantitative estimate of drug-likeness (QED) is 0.167. The van der Waals surface area contributed by atoms with Gasteiger partial charge in [-0.3, -0.25) is 34.2 Å². The standard InChI is InChI=1S/C47H57ClN10O6/c1-28(2)58-36-9-6-32(20-29(36)22-38(44(58)63)64-25-40(60)49-5)51-41-35(48)23-50-45(53-41)54-16-12-31(13-17-54)46(3,4)56-19-15-47(27-56)14-18-55(26-47)33-7-8-34-30(21-33)24-57(43(34)62)37-10-11-39(59)52-42(37)61/h6-9,20-23,28,31,37H,10-19,24-27H2,1-5H3,(H,49,60)(H,50,51,53)(H,52,59,61). The van der Waals surface area contributed by atoms with Gasteiger partial charge in [0.25, 0.3) is 17.4 Å². The number of nitrogens with one attached hydrogen (secondary N) is 3. The maximum absolute atomic E-state index is 13.3. The molecular formula is C47H57ClN10O6. The van der Waals surface area contributed by atoms with Crippen molar-refractivity contribution in [1.82, 2.24) is 35.0 Å². The van der Waals surface area contributed by atoms with Crippen molar-refractivity contribution in [3.63, 3.8) is 0 Å². The molecule has 0 bridgehead atoms. The average molecular weight is 893 g/mol. The summed E-state index contributed by atoms with van der Waals surface area (Å²) in [6.07, 6.45) is 6.52. The topological polar surface area (TPSA) is 174 Å². The maximum atomic E-state index is 13.3. The highest BCUT2D eigenvalue weighted by Crippen LogP contribution is 2.46. The summed E-state index contributed by atoms with van der Waals surface area (Å²) < 4.78 is 7.30. The molecule has 2 aromatic carbocycles. The summed E-state index contributed by atoms with van der Waals surface area (Å²) in [7, 11) is 1.52. The number of likely N-dealkylation sites (N-methyl/N-ethyl adjacent to an activating group) is 1. The highest BCUT2D eigenvalue weighted by Gasteiger charge is 2.49. The van der Waals surface area contributed by atoms with Crippen LogP contribution in [-0.4, -0.2) is 112 Å². The van der Waals surface area contributed by atoms with Gasteiger partial charge in [-0.2, -0.15) is 4.98 Å². The van der Waals surface area contributed by atoms with E-state index < -0.39 is 6.04 Å². The fourth-order valence-corrected chi connectivity index (χ4v) is 10.8. The number of carbonyl (C=O) groups excluding carboxylic acids is 4. The summed E-state index contributed by atoms with van der Waals surface area (Å²) in [5.41, 5.74) is 4.08. The number of pyridine rings is 1. The number of halogens is 1. The summed E-state index contributed by atoms with van der Waals surface area (Å²) in [6.45, 7) is 14.5. The number of likely N-dealkylation sites (tertiary alicyclic amines) is 1. The lowest BCUT2D eigenvalue weighted by molar-refractivity contribution is -0.137. The van der Waals surface area contributed by atoms with Crippen molar-refractivity contribution in [3.05, 3.63) is 75.2 Å². The first-order valence-electron chi connectivity index (χ1n) is 22.5. The van der Waals surface area contributed by atoms with E-state index >= 15 is 0 Å². The maximum Gasteiger partial charge on any atom is 0.293 e. The molecule has 4 aromatic rings. The molecule has 3 N–H and O–H groups in total. The van der Waals surface area contributed by atoms with Crippen LogP contribution in [0.4, 0.5) is 23.1 Å². The monoisotopic (exact) mass is 892 g/mol. The van der Waals surface area contributed by atoms with Crippen LogP contribution in [0.2, 0.25) is 5.02 Å². The van der Waals surface area contributed by atoms with Crippen LogP contribution in [0, 0.1) is 11.3 Å². The van der Waals surface area contributed by atoms with Crippen LogP contribution in [0.15, 0.2) is 53.5 Å². The molecule has 338 valence electrons. The summed E-state index contributed by atoms with van der Waals surface area (Å²) in [5, 5.41) is 9.42. The van der Waals surface area contributed by atoms with E-state index in [4.69, 9.17) is 21.3 Å². The Morgan fingerprint density at radius 2 is 1.77 bits per heavy atom. The summed E-state index contributed by atoms with van der Waals surface area (Å²) in [6, 6.07) is 12.7. The van der Waals surface area contributed by atoms with Gasteiger partial charge in [-0.1, -0.05) is 11.6 Å². The number of hydrogen-bond acceptors (Lipinski definition) is 12. The Hall–Kier alpha value is -5.74. The first-order valence-corrected chi connectivity index (χ1v) is 22.9. The van der Waals surface area contributed by atoms with Gasteiger partial charge in [0.1, 0.15) is 11.1 Å². The number of hydrogen-bond donors (Lipinski definition) is 3. The Balaban J connectivity index is 0.818. The lowest BCUT2D eigenvalue weighted by atomic mass is 9.79. The smallest absolute Gasteiger partial charge is 0.293 e. The highest BCUT2D eigenvalue weighted by molar-refractivity contribution is 6.33. The van der Waals surface area contributed by atoms with E-state index in [0.29, 0.717) is 41.2 Å². The molecule has 16 nitrogen and oxygen atoms in total. The third-order valence-electron chi connectivity index (χ3n) is 14.5. The molecule has 0 saturated carbocycles. The van der Waals surface area contributed by atoms with E-state index in [-0.39, 0.29) is 65.0 Å². The summed E-state index contributed by atoms with van der Waals surface area (Å²) in [4.78, 5) is 81.4. The molecule has 5 aliphatic heterocycles. The number of fused-ring (bicyclic) bond motifs is 2. The molecule has 4 saturated heterocycles. The van der Waals surface area contributed by atoms with E-state index in [0.717, 1.165) is 92.8 Å². The number of nitrogens with zero attached hydrogens (tertiary/aromatic N) is 7. The van der Waals surface area contributed by atoms with E-state index in [9.17, 15) is 24.0 Å². The Kier molecular flexibility index (Phi) is 11.6. The molecule has 17 heteroatoms. The summed E-state index contributed by atoms with van der Waals surface area (Å²) >= 11 is 6.67. The van der Waals surface area contributed by atoms with E-state index in [1.807, 2.05) is 38.1 Å². The van der Waals surface area contributed by atoms with Gasteiger partial charge >= 0.3 is 0 Å². The first-order chi connectivity index (χ1) is 30.6. The van der Waals surface area contributed by atoms with Crippen LogP contribution in [0.25, 0.3) is 10.9 Å². The molecule has 5 aliphatic rings. The van der Waals surface area contributed by atoms with Gasteiger partial charge in [0, 0.05) is 92.1 Å². The second kappa shape index (κ2) is 17.0. The zero-order valence-corrected chi connectivity index (χ0v) is 38.0. The van der Waals surface area contributed by atoms with E-state index in [1.54, 1.807) is 21.7 Å². The normalized spacial score (nSPS) is 22.0. The number of carbonyl (C=O) groups is 4. The van der Waals surface area contributed by atoms with Gasteiger partial charge in [0.05, 0.1) is 11.7 Å². The van der Waals surface area contributed by atoms with Gasteiger partial charge in [-0.05, 0) is 120 Å². The number of benzene rings is 2. The van der Waals surface area contributed by atoms with Crippen molar-refractivity contribution in [3.8, 4) is 5.75 Å². The SMILES string of the molecule is CNC(=O)COc1cc2cc(Nc3nc(N4CCC(C(C)(C)N5CCC6(CCN(c7ccc8c(c7)CN(C7CCC(=O)NC7=O)C8=O)C6)C5)CC4)ncc3Cl)ccc2n(C(C)C)c1=O. The summed E-state index contributed by atoms with van der Waals surface area (Å²) in [5.74, 6) is 0.555. The molecule has 4 amide bonds. The Labute approximate surface area is 377 Å². The Morgan fingerprint density at radius 3 is 2.52 bits per heavy atom. The van der Waals surface area contributed by atoms with Gasteiger partial charge < -0.3 is 34.6 Å². The van der Waals surface area contributed by atoms with Crippen LogP contribution in [0.1, 0.15) is 88.2 Å². The van der Waals surface area contributed by atoms with Crippen LogP contribution < -0.4 is 36.0 Å². The molecule has 2 atom stereocenters. The lowest BCUT2D eigenvalue weighted by Gasteiger charge is -2.46. The molecule has 64 heavy (non-hydrogen) atoms. The van der Waals surface area contributed by atoms with Crippen molar-refractivity contribution >= 4 is 69.3 Å². The number of rotatable bonds is 11. The minimum atomic E-state index is -0.615. The van der Waals surface area contributed by atoms with Gasteiger partial charge in [0.15, 0.2) is 18.2 Å². The molecule has 4 fully saturated rings. The first kappa shape index (κ1) is 43.5. The second-order valence-corrected chi connectivity index (χ2v) is 19.4. The number of aromatic nitrogens is 3. The predicted molar refractivity (Wildman–Crippen MR) is 245 cm³/mol. The van der Waals surface area contributed by atoms with Crippen LogP contribution in [0.5, 0.6) is 5.75 Å². The van der Waals surface area contributed by atoms with Crippen molar-refractivity contribution in [2.75, 3.05) is 68.0 Å². The number of piperidine rings is 2. The lowest BCUT2D eigenvalue weighted by Crippen LogP contribution is -2.52. The van der Waals surface area contributed by atoms with Crippen molar-refractivity contribution in [2.45, 2.75) is 90.4 Å². The number of amides is 4. The number of imide groups is 1. The van der Waals surface area contributed by atoms with E-state index in [2.05, 4.69) is 61.6 Å². The molecule has 0 aliphatic carbocycles. The van der Waals surface area contributed by atoms with E-state index in [1.165, 1.54) is 7.05 Å². The van der Waals surface area contributed by atoms with Gasteiger partial charge in [-0.25, -0.2) is 4.98 Å². The molecular weight excluding hydrogens is 836 g/mol. The highest BCUT2D eigenvalue weighted by atomic mass is 35.5. The van der Waals surface area contributed by atoms with Crippen LogP contribution >= 0.6 is 11.6 Å². The molecule has 1 spiro atoms. The van der Waals surface area contributed by atoms with Crippen molar-refractivity contribution in [2.24, 2.45) is 11.3 Å². The van der Waals surface area contributed by atoms with Crippen LogP contribution in [-0.2, 0) is 20.9 Å². The molecule has 2 aromatic heterocycles. The number of ether oxygens (including phenoxy) is 1. The predicted octanol–water partition coefficient (Wildman–Crippen LogP) is 5.25. The third-order valence-corrected chi connectivity index (χ3v) is 14.8. The van der Waals surface area contributed by atoms with Gasteiger partial charge in [-0.15, -0.1) is 0 Å². The van der Waals surface area contributed by atoms with Gasteiger partial charge in [0.2, 0.25) is 17.8 Å². The zero-order valence-electron chi connectivity index (χ0n) is 37.2. The van der Waals surface area contributed by atoms with Crippen molar-refractivity contribution in [1.29, 1.82) is 0 Å². The fraction of sp³-hybridized carbons (Fsp3) is 0.511. The molecule has 0 radical (unpaired) electrons. The third kappa shape index (κ3) is 8.14.